The van der Waals surface area contributed by atoms with Gasteiger partial charge in [-0.25, -0.2) is 0 Å². The fourth-order valence-electron chi connectivity index (χ4n) is 0.902. The van der Waals surface area contributed by atoms with Crippen molar-refractivity contribution in [3.63, 3.8) is 0 Å². The Bertz CT molecular complexity index is 263. The first-order chi connectivity index (χ1) is 5.74. The van der Waals surface area contributed by atoms with Crippen molar-refractivity contribution in [3.8, 4) is 0 Å². The molecule has 0 bridgehead atoms. The van der Waals surface area contributed by atoms with Gasteiger partial charge in [0.05, 0.1) is 7.11 Å². The van der Waals surface area contributed by atoms with E-state index in [0.29, 0.717) is 0 Å². The van der Waals surface area contributed by atoms with Crippen molar-refractivity contribution in [1.29, 1.82) is 0 Å². The van der Waals surface area contributed by atoms with E-state index in [9.17, 15) is 0 Å². The van der Waals surface area contributed by atoms with Crippen LogP contribution in [0.4, 0.5) is 0 Å². The molecule has 0 atom stereocenters. The molecule has 0 unspecified atom stereocenters. The summed E-state index contributed by atoms with van der Waals surface area (Å²) in [5, 5.41) is 0. The van der Waals surface area contributed by atoms with Crippen molar-refractivity contribution >= 4 is 15.9 Å². The summed E-state index contributed by atoms with van der Waals surface area (Å²) < 4.78 is 1.14. The van der Waals surface area contributed by atoms with E-state index in [4.69, 9.17) is 4.84 Å². The fourth-order valence-corrected chi connectivity index (χ4v) is 1.33. The van der Waals surface area contributed by atoms with Gasteiger partial charge in [-0.3, -0.25) is 0 Å². The average molecular weight is 230 g/mol. The summed E-state index contributed by atoms with van der Waals surface area (Å²) in [7, 11) is 1.61. The third-order valence-electron chi connectivity index (χ3n) is 1.66. The van der Waals surface area contributed by atoms with Crippen LogP contribution in [0.5, 0.6) is 0 Å². The third kappa shape index (κ3) is 2.59. The Morgan fingerprint density at radius 3 is 2.83 bits per heavy atom. The van der Waals surface area contributed by atoms with Gasteiger partial charge in [0, 0.05) is 11.0 Å². The zero-order valence-electron chi connectivity index (χ0n) is 7.23. The van der Waals surface area contributed by atoms with Gasteiger partial charge < -0.3 is 4.84 Å². The highest BCUT2D eigenvalue weighted by Crippen LogP contribution is 2.17. The Morgan fingerprint density at radius 2 is 2.25 bits per heavy atom. The summed E-state index contributed by atoms with van der Waals surface area (Å²) in [4.78, 5) is 4.75. The normalized spacial score (nSPS) is 10.2. The maximum atomic E-state index is 4.75. The third-order valence-corrected chi connectivity index (χ3v) is 2.51. The van der Waals surface area contributed by atoms with Crippen LogP contribution in [-0.2, 0) is 11.4 Å². The molecule has 12 heavy (non-hydrogen) atoms. The molecule has 0 amide bonds. The van der Waals surface area contributed by atoms with E-state index in [1.54, 1.807) is 7.11 Å². The van der Waals surface area contributed by atoms with Crippen LogP contribution in [0.15, 0.2) is 22.7 Å². The van der Waals surface area contributed by atoms with Gasteiger partial charge in [0.2, 0.25) is 0 Å². The molecule has 0 aliphatic heterocycles. The lowest BCUT2D eigenvalue weighted by atomic mass is 10.1. The van der Waals surface area contributed by atoms with Crippen molar-refractivity contribution in [2.45, 2.75) is 13.5 Å². The van der Waals surface area contributed by atoms with Crippen molar-refractivity contribution in [1.82, 2.24) is 5.48 Å². The molecular formula is C9H12BrNO. The standard InChI is InChI=1S/C9H12BrNO/c1-7-3-4-8(5-9(7)10)6-11-12-2/h3-5,11H,6H2,1-2H3. The smallest absolute Gasteiger partial charge is 0.0572 e. The number of hydroxylamine groups is 1. The van der Waals surface area contributed by atoms with E-state index in [0.717, 1.165) is 11.0 Å². The molecular weight excluding hydrogens is 218 g/mol. The minimum absolute atomic E-state index is 0.732. The van der Waals surface area contributed by atoms with Gasteiger partial charge in [-0.2, -0.15) is 5.48 Å². The quantitative estimate of drug-likeness (QED) is 0.805. The zero-order valence-corrected chi connectivity index (χ0v) is 8.81. The van der Waals surface area contributed by atoms with Crippen LogP contribution in [0.25, 0.3) is 0 Å². The number of benzene rings is 1. The summed E-state index contributed by atoms with van der Waals surface area (Å²) >= 11 is 3.47. The van der Waals surface area contributed by atoms with Crippen LogP contribution in [0, 0.1) is 6.92 Å². The van der Waals surface area contributed by atoms with Crippen LogP contribution in [0.2, 0.25) is 0 Å². The molecule has 1 rings (SSSR count). The lowest BCUT2D eigenvalue weighted by molar-refractivity contribution is 0.0867. The minimum atomic E-state index is 0.732. The predicted molar refractivity (Wildman–Crippen MR) is 52.7 cm³/mol. The van der Waals surface area contributed by atoms with Gasteiger partial charge in [-0.05, 0) is 24.1 Å². The monoisotopic (exact) mass is 229 g/mol. The molecule has 0 spiro atoms. The number of rotatable bonds is 3. The maximum absolute atomic E-state index is 4.75. The highest BCUT2D eigenvalue weighted by Gasteiger charge is 1.96. The lowest BCUT2D eigenvalue weighted by Crippen LogP contribution is -2.10. The second-order valence-electron chi connectivity index (χ2n) is 2.61. The van der Waals surface area contributed by atoms with E-state index in [2.05, 4.69) is 46.5 Å². The largest absolute Gasteiger partial charge is 0.305 e. The number of hydrogen-bond donors (Lipinski definition) is 1. The van der Waals surface area contributed by atoms with Gasteiger partial charge in [-0.15, -0.1) is 0 Å². The summed E-state index contributed by atoms with van der Waals surface area (Å²) in [5.74, 6) is 0. The van der Waals surface area contributed by atoms with Crippen molar-refractivity contribution < 1.29 is 4.84 Å². The molecule has 0 aromatic heterocycles. The van der Waals surface area contributed by atoms with Crippen molar-refractivity contribution in [3.05, 3.63) is 33.8 Å². The van der Waals surface area contributed by atoms with E-state index >= 15 is 0 Å². The molecule has 1 N–H and O–H groups in total. The van der Waals surface area contributed by atoms with E-state index < -0.39 is 0 Å². The molecule has 2 nitrogen and oxygen atoms in total. The Balaban J connectivity index is 2.69. The number of hydrogen-bond acceptors (Lipinski definition) is 2. The molecule has 3 heteroatoms. The molecule has 1 aromatic carbocycles. The highest BCUT2D eigenvalue weighted by atomic mass is 79.9. The molecule has 1 aromatic rings. The summed E-state index contributed by atoms with van der Waals surface area (Å²) in [6, 6.07) is 6.24. The van der Waals surface area contributed by atoms with Crippen molar-refractivity contribution in [2.75, 3.05) is 7.11 Å². The van der Waals surface area contributed by atoms with Crippen LogP contribution in [0.3, 0.4) is 0 Å². The SMILES string of the molecule is CONCc1ccc(C)c(Br)c1. The van der Waals surface area contributed by atoms with Gasteiger partial charge in [0.1, 0.15) is 0 Å². The summed E-state index contributed by atoms with van der Waals surface area (Å²) in [6.45, 7) is 2.80. The number of aryl methyl sites for hydroxylation is 1. The Labute approximate surface area is 81.0 Å². The fraction of sp³-hybridized carbons (Fsp3) is 0.333. The topological polar surface area (TPSA) is 21.3 Å². The Hall–Kier alpha value is -0.380. The first kappa shape index (κ1) is 9.71. The molecule has 0 aliphatic rings. The molecule has 0 saturated heterocycles. The molecule has 66 valence electrons. The Kier molecular flexibility index (Phi) is 3.72. The molecule has 0 aliphatic carbocycles. The van der Waals surface area contributed by atoms with Crippen LogP contribution in [-0.4, -0.2) is 7.11 Å². The zero-order chi connectivity index (χ0) is 8.97. The average Bonchev–Trinajstić information content (AvgIpc) is 2.07. The van der Waals surface area contributed by atoms with Crippen LogP contribution < -0.4 is 5.48 Å². The summed E-state index contributed by atoms with van der Waals surface area (Å²) in [5.41, 5.74) is 5.24. The van der Waals surface area contributed by atoms with Gasteiger partial charge in [0.15, 0.2) is 0 Å². The van der Waals surface area contributed by atoms with Gasteiger partial charge in [-0.1, -0.05) is 28.1 Å². The predicted octanol–water partition coefficient (Wildman–Crippen LogP) is 2.41. The number of nitrogens with one attached hydrogen (secondary N) is 1. The van der Waals surface area contributed by atoms with Crippen LogP contribution in [0.1, 0.15) is 11.1 Å². The molecule has 0 saturated carbocycles. The Morgan fingerprint density at radius 1 is 1.50 bits per heavy atom. The van der Waals surface area contributed by atoms with E-state index in [-0.39, 0.29) is 0 Å². The minimum Gasteiger partial charge on any atom is -0.305 e. The number of halogens is 1. The molecule has 0 fully saturated rings. The molecule has 0 heterocycles. The van der Waals surface area contributed by atoms with E-state index in [1.807, 2.05) is 0 Å². The van der Waals surface area contributed by atoms with Crippen molar-refractivity contribution in [2.24, 2.45) is 0 Å². The first-order valence-corrected chi connectivity index (χ1v) is 4.54. The summed E-state index contributed by atoms with van der Waals surface area (Å²) in [6.07, 6.45) is 0. The van der Waals surface area contributed by atoms with Gasteiger partial charge >= 0.3 is 0 Å². The van der Waals surface area contributed by atoms with Crippen LogP contribution >= 0.6 is 15.9 Å². The lowest BCUT2D eigenvalue weighted by Gasteiger charge is -2.04. The van der Waals surface area contributed by atoms with Gasteiger partial charge in [0.25, 0.3) is 0 Å². The maximum Gasteiger partial charge on any atom is 0.0572 e. The highest BCUT2D eigenvalue weighted by molar-refractivity contribution is 9.10. The second kappa shape index (κ2) is 4.60. The second-order valence-corrected chi connectivity index (χ2v) is 3.46. The first-order valence-electron chi connectivity index (χ1n) is 3.75. The molecule has 0 radical (unpaired) electrons. The van der Waals surface area contributed by atoms with E-state index in [1.165, 1.54) is 11.1 Å².